The number of aromatic nitrogens is 2. The fourth-order valence-corrected chi connectivity index (χ4v) is 2.22. The predicted molar refractivity (Wildman–Crippen MR) is 85.3 cm³/mol. The monoisotopic (exact) mass is 309 g/mol. The molecule has 1 N–H and O–H groups in total. The molecule has 0 fully saturated rings. The lowest BCUT2D eigenvalue weighted by atomic mass is 10.2. The van der Waals surface area contributed by atoms with Crippen molar-refractivity contribution in [2.24, 2.45) is 0 Å². The standard InChI is InChI=1S/C18H16FN3O/c19-17-8-6-14(7-9-17)10-20-18(23)16-11-21-22(13-16)12-15-4-2-1-3-5-15/h1-9,11,13H,10,12H2,(H,20,23). The van der Waals surface area contributed by atoms with E-state index in [4.69, 9.17) is 0 Å². The Labute approximate surface area is 133 Å². The predicted octanol–water partition coefficient (Wildman–Crippen LogP) is 3.00. The molecule has 0 saturated carbocycles. The third kappa shape index (κ3) is 4.03. The first-order chi connectivity index (χ1) is 11.2. The molecule has 0 aliphatic heterocycles. The zero-order chi connectivity index (χ0) is 16.1. The van der Waals surface area contributed by atoms with Gasteiger partial charge in [-0.25, -0.2) is 4.39 Å². The molecule has 0 spiro atoms. The van der Waals surface area contributed by atoms with Crippen LogP contribution >= 0.6 is 0 Å². The van der Waals surface area contributed by atoms with Crippen LogP contribution in [-0.2, 0) is 13.1 Å². The Morgan fingerprint density at radius 3 is 2.52 bits per heavy atom. The highest BCUT2D eigenvalue weighted by molar-refractivity contribution is 5.93. The Morgan fingerprint density at radius 1 is 1.04 bits per heavy atom. The van der Waals surface area contributed by atoms with Gasteiger partial charge in [0.15, 0.2) is 0 Å². The molecule has 5 heteroatoms. The molecule has 3 rings (SSSR count). The Hall–Kier alpha value is -2.95. The van der Waals surface area contributed by atoms with Gasteiger partial charge in [0.2, 0.25) is 0 Å². The number of hydrogen-bond donors (Lipinski definition) is 1. The van der Waals surface area contributed by atoms with E-state index in [9.17, 15) is 9.18 Å². The topological polar surface area (TPSA) is 46.9 Å². The van der Waals surface area contributed by atoms with Crippen molar-refractivity contribution in [2.75, 3.05) is 0 Å². The molecule has 3 aromatic rings. The van der Waals surface area contributed by atoms with Crippen molar-refractivity contribution >= 4 is 5.91 Å². The summed E-state index contributed by atoms with van der Waals surface area (Å²) in [5.74, 6) is -0.490. The molecule has 0 aliphatic carbocycles. The summed E-state index contributed by atoms with van der Waals surface area (Å²) in [5.41, 5.74) is 2.47. The number of amides is 1. The van der Waals surface area contributed by atoms with Crippen LogP contribution in [0.15, 0.2) is 67.0 Å². The van der Waals surface area contributed by atoms with Crippen LogP contribution in [0.25, 0.3) is 0 Å². The summed E-state index contributed by atoms with van der Waals surface area (Å²) in [4.78, 5) is 12.1. The van der Waals surface area contributed by atoms with E-state index in [0.717, 1.165) is 11.1 Å². The van der Waals surface area contributed by atoms with Gasteiger partial charge in [-0.1, -0.05) is 42.5 Å². The molecule has 4 nitrogen and oxygen atoms in total. The number of nitrogens with one attached hydrogen (secondary N) is 1. The zero-order valence-electron chi connectivity index (χ0n) is 12.4. The van der Waals surface area contributed by atoms with Crippen LogP contribution in [0.5, 0.6) is 0 Å². The minimum absolute atomic E-state index is 0.200. The summed E-state index contributed by atoms with van der Waals surface area (Å²) < 4.78 is 14.6. The molecule has 0 saturated heterocycles. The Bertz CT molecular complexity index is 782. The molecule has 0 unspecified atom stereocenters. The molecular formula is C18H16FN3O. The van der Waals surface area contributed by atoms with E-state index >= 15 is 0 Å². The number of benzene rings is 2. The number of halogens is 1. The fraction of sp³-hybridized carbons (Fsp3) is 0.111. The van der Waals surface area contributed by atoms with Crippen molar-refractivity contribution in [1.29, 1.82) is 0 Å². The van der Waals surface area contributed by atoms with Crippen LogP contribution in [0.1, 0.15) is 21.5 Å². The maximum Gasteiger partial charge on any atom is 0.254 e. The first-order valence-electron chi connectivity index (χ1n) is 7.30. The highest BCUT2D eigenvalue weighted by Crippen LogP contribution is 2.05. The Morgan fingerprint density at radius 2 is 1.78 bits per heavy atom. The van der Waals surface area contributed by atoms with Crippen molar-refractivity contribution in [3.05, 3.63) is 89.5 Å². The first-order valence-corrected chi connectivity index (χ1v) is 7.30. The quantitative estimate of drug-likeness (QED) is 0.787. The summed E-state index contributed by atoms with van der Waals surface area (Å²) >= 11 is 0. The average molecular weight is 309 g/mol. The number of rotatable bonds is 5. The van der Waals surface area contributed by atoms with Crippen LogP contribution in [0.4, 0.5) is 4.39 Å². The van der Waals surface area contributed by atoms with Crippen LogP contribution in [0.3, 0.4) is 0 Å². The Kier molecular flexibility index (Phi) is 4.47. The van der Waals surface area contributed by atoms with Gasteiger partial charge in [-0.3, -0.25) is 9.48 Å². The van der Waals surface area contributed by atoms with Crippen molar-refractivity contribution in [3.63, 3.8) is 0 Å². The van der Waals surface area contributed by atoms with Crippen LogP contribution in [0.2, 0.25) is 0 Å². The molecule has 1 amide bonds. The lowest BCUT2D eigenvalue weighted by molar-refractivity contribution is 0.0951. The van der Waals surface area contributed by atoms with Gasteiger partial charge in [0.25, 0.3) is 5.91 Å². The summed E-state index contributed by atoms with van der Waals surface area (Å²) in [6.45, 7) is 0.967. The molecular weight excluding hydrogens is 293 g/mol. The third-order valence-electron chi connectivity index (χ3n) is 3.45. The van der Waals surface area contributed by atoms with Crippen LogP contribution in [-0.4, -0.2) is 15.7 Å². The largest absolute Gasteiger partial charge is 0.348 e. The van der Waals surface area contributed by atoms with E-state index in [-0.39, 0.29) is 11.7 Å². The number of nitrogens with zero attached hydrogens (tertiary/aromatic N) is 2. The van der Waals surface area contributed by atoms with E-state index in [0.29, 0.717) is 18.7 Å². The van der Waals surface area contributed by atoms with Crippen molar-refractivity contribution in [2.45, 2.75) is 13.1 Å². The third-order valence-corrected chi connectivity index (χ3v) is 3.45. The van der Waals surface area contributed by atoms with E-state index in [1.54, 1.807) is 29.2 Å². The number of carbonyl (C=O) groups is 1. The van der Waals surface area contributed by atoms with Gasteiger partial charge < -0.3 is 5.32 Å². The van der Waals surface area contributed by atoms with Gasteiger partial charge >= 0.3 is 0 Å². The van der Waals surface area contributed by atoms with Crippen molar-refractivity contribution in [1.82, 2.24) is 15.1 Å². The summed E-state index contributed by atoms with van der Waals surface area (Å²) in [6.07, 6.45) is 3.26. The minimum Gasteiger partial charge on any atom is -0.348 e. The SMILES string of the molecule is O=C(NCc1ccc(F)cc1)c1cnn(Cc2ccccc2)c1. The maximum atomic E-state index is 12.8. The molecule has 23 heavy (non-hydrogen) atoms. The van der Waals surface area contributed by atoms with Crippen molar-refractivity contribution in [3.8, 4) is 0 Å². The maximum absolute atomic E-state index is 12.8. The van der Waals surface area contributed by atoms with Gasteiger partial charge in [-0.05, 0) is 23.3 Å². The van der Waals surface area contributed by atoms with E-state index in [1.807, 2.05) is 30.3 Å². The van der Waals surface area contributed by atoms with Gasteiger partial charge in [0, 0.05) is 12.7 Å². The molecule has 0 atom stereocenters. The summed E-state index contributed by atoms with van der Waals surface area (Å²) in [5, 5.41) is 7.00. The number of hydrogen-bond acceptors (Lipinski definition) is 2. The van der Waals surface area contributed by atoms with Gasteiger partial charge in [-0.15, -0.1) is 0 Å². The Balaban J connectivity index is 1.59. The molecule has 0 aliphatic rings. The summed E-state index contributed by atoms with van der Waals surface area (Å²) in [7, 11) is 0. The second-order valence-electron chi connectivity index (χ2n) is 5.22. The normalized spacial score (nSPS) is 10.5. The molecule has 2 aromatic carbocycles. The average Bonchev–Trinajstić information content (AvgIpc) is 3.03. The molecule has 0 bridgehead atoms. The molecule has 0 radical (unpaired) electrons. The minimum atomic E-state index is -0.290. The highest BCUT2D eigenvalue weighted by atomic mass is 19.1. The van der Waals surface area contributed by atoms with Crippen LogP contribution in [0, 0.1) is 5.82 Å². The van der Waals surface area contributed by atoms with Crippen molar-refractivity contribution < 1.29 is 9.18 Å². The van der Waals surface area contributed by atoms with E-state index in [1.165, 1.54) is 12.1 Å². The number of carbonyl (C=O) groups excluding carboxylic acids is 1. The molecule has 116 valence electrons. The van der Waals surface area contributed by atoms with Gasteiger partial charge in [0.05, 0.1) is 18.3 Å². The van der Waals surface area contributed by atoms with Crippen LogP contribution < -0.4 is 5.32 Å². The second-order valence-corrected chi connectivity index (χ2v) is 5.22. The lowest BCUT2D eigenvalue weighted by Crippen LogP contribution is -2.22. The lowest BCUT2D eigenvalue weighted by Gasteiger charge is -2.04. The summed E-state index contributed by atoms with van der Waals surface area (Å²) in [6, 6.07) is 16.0. The van der Waals surface area contributed by atoms with E-state index < -0.39 is 0 Å². The van der Waals surface area contributed by atoms with Gasteiger partial charge in [0.1, 0.15) is 5.82 Å². The molecule has 1 aromatic heterocycles. The van der Waals surface area contributed by atoms with Gasteiger partial charge in [-0.2, -0.15) is 5.10 Å². The highest BCUT2D eigenvalue weighted by Gasteiger charge is 2.08. The van der Waals surface area contributed by atoms with E-state index in [2.05, 4.69) is 10.4 Å². The molecule has 1 heterocycles. The first kappa shape index (κ1) is 15.0. The second kappa shape index (κ2) is 6.87. The zero-order valence-corrected chi connectivity index (χ0v) is 12.4. The smallest absolute Gasteiger partial charge is 0.254 e. The fourth-order valence-electron chi connectivity index (χ4n) is 2.22.